The molecular formula is C15H29N5. The monoisotopic (exact) mass is 279 g/mol. The second-order valence-electron chi connectivity index (χ2n) is 6.58. The van der Waals surface area contributed by atoms with Crippen molar-refractivity contribution in [1.82, 2.24) is 25.0 Å². The zero-order chi connectivity index (χ0) is 14.5. The molecule has 2 rings (SSSR count). The highest BCUT2D eigenvalue weighted by molar-refractivity contribution is 4.90. The lowest BCUT2D eigenvalue weighted by Crippen LogP contribution is -2.40. The van der Waals surface area contributed by atoms with Gasteiger partial charge in [-0.1, -0.05) is 27.7 Å². The van der Waals surface area contributed by atoms with Crippen molar-refractivity contribution in [2.24, 2.45) is 5.92 Å². The summed E-state index contributed by atoms with van der Waals surface area (Å²) in [6.07, 6.45) is 4.27. The van der Waals surface area contributed by atoms with Gasteiger partial charge in [0.05, 0.1) is 6.54 Å². The molecule has 5 nitrogen and oxygen atoms in total. The van der Waals surface area contributed by atoms with Crippen LogP contribution in [0.3, 0.4) is 0 Å². The van der Waals surface area contributed by atoms with Crippen molar-refractivity contribution in [3.63, 3.8) is 0 Å². The molecule has 1 aliphatic rings. The molecule has 1 aromatic heterocycles. The van der Waals surface area contributed by atoms with E-state index in [4.69, 9.17) is 0 Å². The first-order valence-electron chi connectivity index (χ1n) is 7.90. The molecule has 1 N–H and O–H groups in total. The van der Waals surface area contributed by atoms with Crippen LogP contribution < -0.4 is 5.32 Å². The van der Waals surface area contributed by atoms with Crippen molar-refractivity contribution >= 4 is 0 Å². The molecule has 1 aromatic rings. The topological polar surface area (TPSA) is 46.0 Å². The SMILES string of the molecule is CC(C)Cn1ncnc1CN1CCCC1CNC(C)C. The van der Waals surface area contributed by atoms with Crippen LogP contribution in [0, 0.1) is 5.92 Å². The Morgan fingerprint density at radius 1 is 1.35 bits per heavy atom. The Bertz CT molecular complexity index is 399. The Morgan fingerprint density at radius 2 is 2.15 bits per heavy atom. The predicted octanol–water partition coefficient (Wildman–Crippen LogP) is 1.90. The van der Waals surface area contributed by atoms with Gasteiger partial charge in [-0.15, -0.1) is 0 Å². The van der Waals surface area contributed by atoms with Crippen LogP contribution in [0.4, 0.5) is 0 Å². The van der Waals surface area contributed by atoms with E-state index in [9.17, 15) is 0 Å². The summed E-state index contributed by atoms with van der Waals surface area (Å²) in [5.41, 5.74) is 0. The van der Waals surface area contributed by atoms with Gasteiger partial charge >= 0.3 is 0 Å². The maximum atomic E-state index is 4.45. The molecule has 20 heavy (non-hydrogen) atoms. The summed E-state index contributed by atoms with van der Waals surface area (Å²) in [7, 11) is 0. The lowest BCUT2D eigenvalue weighted by molar-refractivity contribution is 0.225. The molecule has 0 radical (unpaired) electrons. The van der Waals surface area contributed by atoms with Crippen LogP contribution in [0.15, 0.2) is 6.33 Å². The van der Waals surface area contributed by atoms with Crippen molar-refractivity contribution in [1.29, 1.82) is 0 Å². The minimum Gasteiger partial charge on any atom is -0.313 e. The third-order valence-electron chi connectivity index (χ3n) is 3.84. The summed E-state index contributed by atoms with van der Waals surface area (Å²) in [6, 6.07) is 1.20. The van der Waals surface area contributed by atoms with Crippen molar-refractivity contribution in [3.05, 3.63) is 12.2 Å². The Kier molecular flexibility index (Phi) is 5.54. The van der Waals surface area contributed by atoms with E-state index in [0.29, 0.717) is 18.0 Å². The average molecular weight is 279 g/mol. The van der Waals surface area contributed by atoms with Gasteiger partial charge in [0.2, 0.25) is 0 Å². The Balaban J connectivity index is 1.93. The van der Waals surface area contributed by atoms with Crippen molar-refractivity contribution in [2.75, 3.05) is 13.1 Å². The molecule has 5 heteroatoms. The largest absolute Gasteiger partial charge is 0.313 e. The van der Waals surface area contributed by atoms with Crippen LogP contribution in [0.25, 0.3) is 0 Å². The molecule has 0 spiro atoms. The number of aromatic nitrogens is 3. The molecule has 0 aliphatic carbocycles. The first-order valence-corrected chi connectivity index (χ1v) is 7.90. The van der Waals surface area contributed by atoms with Gasteiger partial charge < -0.3 is 5.32 Å². The smallest absolute Gasteiger partial charge is 0.141 e. The number of nitrogens with zero attached hydrogens (tertiary/aromatic N) is 4. The van der Waals surface area contributed by atoms with Crippen molar-refractivity contribution < 1.29 is 0 Å². The Labute approximate surface area is 122 Å². The third-order valence-corrected chi connectivity index (χ3v) is 3.84. The number of likely N-dealkylation sites (tertiary alicyclic amines) is 1. The number of nitrogens with one attached hydrogen (secondary N) is 1. The summed E-state index contributed by atoms with van der Waals surface area (Å²) in [4.78, 5) is 7.00. The van der Waals surface area contributed by atoms with E-state index in [-0.39, 0.29) is 0 Å². The molecule has 1 fully saturated rings. The summed E-state index contributed by atoms with van der Waals surface area (Å²) < 4.78 is 2.07. The Morgan fingerprint density at radius 3 is 2.85 bits per heavy atom. The molecule has 1 saturated heterocycles. The molecular weight excluding hydrogens is 250 g/mol. The van der Waals surface area contributed by atoms with Crippen LogP contribution in [-0.4, -0.2) is 44.8 Å². The molecule has 0 amide bonds. The Hall–Kier alpha value is -0.940. The van der Waals surface area contributed by atoms with Crippen LogP contribution in [0.1, 0.15) is 46.4 Å². The maximum Gasteiger partial charge on any atom is 0.141 e. The van der Waals surface area contributed by atoms with Crippen LogP contribution >= 0.6 is 0 Å². The standard InChI is InChI=1S/C15H29N5/c1-12(2)9-20-15(17-11-18-20)10-19-7-5-6-14(19)8-16-13(3)4/h11-14,16H,5-10H2,1-4H3. The van der Waals surface area contributed by atoms with Gasteiger partial charge in [-0.3, -0.25) is 4.90 Å². The highest BCUT2D eigenvalue weighted by Gasteiger charge is 2.25. The summed E-state index contributed by atoms with van der Waals surface area (Å²) in [6.45, 7) is 13.0. The maximum absolute atomic E-state index is 4.45. The van der Waals surface area contributed by atoms with Gasteiger partial charge in [-0.25, -0.2) is 9.67 Å². The average Bonchev–Trinajstić information content (AvgIpc) is 2.97. The van der Waals surface area contributed by atoms with Crippen LogP contribution in [-0.2, 0) is 13.1 Å². The van der Waals surface area contributed by atoms with Gasteiger partial charge in [-0.2, -0.15) is 5.10 Å². The zero-order valence-electron chi connectivity index (χ0n) is 13.3. The van der Waals surface area contributed by atoms with E-state index in [2.05, 4.69) is 52.7 Å². The van der Waals surface area contributed by atoms with E-state index in [1.807, 2.05) is 0 Å². The van der Waals surface area contributed by atoms with E-state index in [1.165, 1.54) is 19.4 Å². The first-order chi connectivity index (χ1) is 9.56. The molecule has 1 unspecified atom stereocenters. The van der Waals surface area contributed by atoms with Crippen LogP contribution in [0.5, 0.6) is 0 Å². The van der Waals surface area contributed by atoms with E-state index in [0.717, 1.165) is 25.5 Å². The predicted molar refractivity (Wildman–Crippen MR) is 81.4 cm³/mol. The molecule has 114 valence electrons. The number of rotatable bonds is 7. The number of hydrogen-bond acceptors (Lipinski definition) is 4. The minimum absolute atomic E-state index is 0.557. The van der Waals surface area contributed by atoms with Gasteiger partial charge in [0, 0.05) is 25.2 Å². The summed E-state index contributed by atoms with van der Waals surface area (Å²) >= 11 is 0. The first kappa shape index (κ1) is 15.4. The molecule has 0 bridgehead atoms. The molecule has 0 saturated carbocycles. The number of hydrogen-bond donors (Lipinski definition) is 1. The van der Waals surface area contributed by atoms with Gasteiger partial charge in [0.15, 0.2) is 0 Å². The third kappa shape index (κ3) is 4.28. The fourth-order valence-electron chi connectivity index (χ4n) is 2.80. The van der Waals surface area contributed by atoms with Gasteiger partial charge in [0.25, 0.3) is 0 Å². The summed E-state index contributed by atoms with van der Waals surface area (Å²) in [5, 5.41) is 7.92. The molecule has 2 heterocycles. The quantitative estimate of drug-likeness (QED) is 0.828. The molecule has 1 atom stereocenters. The van der Waals surface area contributed by atoms with Gasteiger partial charge in [-0.05, 0) is 25.3 Å². The summed E-state index contributed by atoms with van der Waals surface area (Å²) in [5.74, 6) is 1.71. The minimum atomic E-state index is 0.557. The van der Waals surface area contributed by atoms with Crippen molar-refractivity contribution in [3.8, 4) is 0 Å². The lowest BCUT2D eigenvalue weighted by atomic mass is 10.2. The highest BCUT2D eigenvalue weighted by atomic mass is 15.4. The second-order valence-corrected chi connectivity index (χ2v) is 6.58. The second kappa shape index (κ2) is 7.18. The lowest BCUT2D eigenvalue weighted by Gasteiger charge is -2.25. The fraction of sp³-hybridized carbons (Fsp3) is 0.867. The fourth-order valence-corrected chi connectivity index (χ4v) is 2.80. The van der Waals surface area contributed by atoms with Gasteiger partial charge in [0.1, 0.15) is 12.2 Å². The van der Waals surface area contributed by atoms with E-state index in [1.54, 1.807) is 6.33 Å². The molecule has 1 aliphatic heterocycles. The van der Waals surface area contributed by atoms with E-state index < -0.39 is 0 Å². The highest BCUT2D eigenvalue weighted by Crippen LogP contribution is 2.19. The van der Waals surface area contributed by atoms with Crippen molar-refractivity contribution in [2.45, 2.75) is 65.7 Å². The van der Waals surface area contributed by atoms with Crippen LogP contribution in [0.2, 0.25) is 0 Å². The normalized spacial score (nSPS) is 20.4. The zero-order valence-corrected chi connectivity index (χ0v) is 13.3. The molecule has 0 aromatic carbocycles. The van der Waals surface area contributed by atoms with E-state index >= 15 is 0 Å².